The van der Waals surface area contributed by atoms with E-state index in [1.807, 2.05) is 0 Å². The van der Waals surface area contributed by atoms with Gasteiger partial charge >= 0.3 is 0 Å². The molecule has 0 aliphatic rings. The van der Waals surface area contributed by atoms with Crippen LogP contribution in [0.15, 0.2) is 24.9 Å². The monoisotopic (exact) mass is 192 g/mol. The van der Waals surface area contributed by atoms with Gasteiger partial charge in [-0.3, -0.25) is 4.79 Å². The predicted molar refractivity (Wildman–Crippen MR) is 45.4 cm³/mol. The van der Waals surface area contributed by atoms with Gasteiger partial charge in [0.15, 0.2) is 0 Å². The zero-order valence-electron chi connectivity index (χ0n) is 6.41. The van der Waals surface area contributed by atoms with Gasteiger partial charge < -0.3 is 0 Å². The van der Waals surface area contributed by atoms with E-state index in [2.05, 4.69) is 19.6 Å². The summed E-state index contributed by atoms with van der Waals surface area (Å²) >= 11 is 1.06. The molecule has 0 aromatic carbocycles. The molecular formula is C7H4N4OS. The molecule has 64 valence electrons. The van der Waals surface area contributed by atoms with Crippen LogP contribution in [0.4, 0.5) is 0 Å². The Morgan fingerprint density at radius 1 is 1.23 bits per heavy atom. The Bertz CT molecular complexity index is 400. The number of rotatable bonds is 2. The number of nitrogens with zero attached hydrogens (tertiary/aromatic N) is 4. The van der Waals surface area contributed by atoms with Gasteiger partial charge in [-0.2, -0.15) is 0 Å². The van der Waals surface area contributed by atoms with Crippen molar-refractivity contribution in [2.24, 2.45) is 0 Å². The molecule has 5 nitrogen and oxygen atoms in total. The number of hydrogen-bond acceptors (Lipinski definition) is 6. The Morgan fingerprint density at radius 3 is 2.62 bits per heavy atom. The van der Waals surface area contributed by atoms with Crippen molar-refractivity contribution in [2.75, 3.05) is 0 Å². The first-order valence-electron chi connectivity index (χ1n) is 3.45. The summed E-state index contributed by atoms with van der Waals surface area (Å²) in [7, 11) is 0. The van der Waals surface area contributed by atoms with Crippen molar-refractivity contribution < 1.29 is 4.79 Å². The van der Waals surface area contributed by atoms with Crippen LogP contribution in [-0.2, 0) is 0 Å². The molecule has 2 heterocycles. The number of carbonyl (C=O) groups is 1. The third-order valence-corrected chi connectivity index (χ3v) is 2.07. The Hall–Kier alpha value is -1.69. The second-order valence-corrected chi connectivity index (χ2v) is 3.02. The topological polar surface area (TPSA) is 68.6 Å². The summed E-state index contributed by atoms with van der Waals surface area (Å²) in [6.07, 6.45) is 5.74. The normalized spacial score (nSPS) is 9.85. The molecule has 0 N–H and O–H groups in total. The van der Waals surface area contributed by atoms with E-state index in [-0.39, 0.29) is 5.78 Å². The zero-order chi connectivity index (χ0) is 9.10. The fraction of sp³-hybridized carbons (Fsp3) is 0. The van der Waals surface area contributed by atoms with Gasteiger partial charge in [-0.15, -0.1) is 5.10 Å². The van der Waals surface area contributed by atoms with E-state index in [1.165, 1.54) is 24.9 Å². The van der Waals surface area contributed by atoms with Crippen LogP contribution in [0.1, 0.15) is 15.2 Å². The van der Waals surface area contributed by atoms with E-state index in [0.717, 1.165) is 11.5 Å². The lowest BCUT2D eigenvalue weighted by atomic mass is 10.2. The smallest absolute Gasteiger partial charge is 0.209 e. The van der Waals surface area contributed by atoms with E-state index in [0.29, 0.717) is 10.4 Å². The van der Waals surface area contributed by atoms with Gasteiger partial charge in [-0.1, -0.05) is 4.49 Å². The number of ketones is 1. The first-order valence-corrected chi connectivity index (χ1v) is 4.22. The predicted octanol–water partition coefficient (Wildman–Crippen LogP) is 0.559. The van der Waals surface area contributed by atoms with E-state index in [1.54, 1.807) is 0 Å². The third kappa shape index (κ3) is 1.57. The van der Waals surface area contributed by atoms with Crippen LogP contribution in [0, 0.1) is 0 Å². The fourth-order valence-corrected chi connectivity index (χ4v) is 1.30. The molecule has 0 fully saturated rings. The van der Waals surface area contributed by atoms with Crippen LogP contribution in [-0.4, -0.2) is 25.3 Å². The maximum absolute atomic E-state index is 11.6. The zero-order valence-corrected chi connectivity index (χ0v) is 7.23. The highest BCUT2D eigenvalue weighted by molar-refractivity contribution is 7.08. The Labute approximate surface area is 77.6 Å². The summed E-state index contributed by atoms with van der Waals surface area (Å²) in [6.45, 7) is 0. The molecule has 0 saturated carbocycles. The van der Waals surface area contributed by atoms with Gasteiger partial charge in [-0.25, -0.2) is 9.97 Å². The molecule has 2 aromatic heterocycles. The Kier molecular flexibility index (Phi) is 2.05. The van der Waals surface area contributed by atoms with E-state index in [9.17, 15) is 4.79 Å². The lowest BCUT2D eigenvalue weighted by Crippen LogP contribution is -1.99. The lowest BCUT2D eigenvalue weighted by molar-refractivity contribution is 0.104. The maximum Gasteiger partial charge on any atom is 0.209 e. The second-order valence-electron chi connectivity index (χ2n) is 2.24. The molecule has 0 aliphatic carbocycles. The van der Waals surface area contributed by atoms with E-state index < -0.39 is 0 Å². The van der Waals surface area contributed by atoms with Gasteiger partial charge in [0.1, 0.15) is 11.2 Å². The van der Waals surface area contributed by atoms with E-state index in [4.69, 9.17) is 0 Å². The quantitative estimate of drug-likeness (QED) is 0.650. The maximum atomic E-state index is 11.6. The van der Waals surface area contributed by atoms with Crippen LogP contribution >= 0.6 is 11.5 Å². The highest BCUT2D eigenvalue weighted by atomic mass is 32.1. The Morgan fingerprint density at radius 2 is 2.00 bits per heavy atom. The van der Waals surface area contributed by atoms with Gasteiger partial charge in [0, 0.05) is 12.4 Å². The standard InChI is InChI=1S/C7H4N4OS/c12-7(6-3-10-11-13-6)5-1-8-4-9-2-5/h1-4H. The molecule has 2 rings (SSSR count). The molecule has 6 heteroatoms. The first kappa shape index (κ1) is 7.93. The molecule has 0 atom stereocenters. The largest absolute Gasteiger partial charge is 0.287 e. The number of carbonyl (C=O) groups excluding carboxylic acids is 1. The molecule has 0 aliphatic heterocycles. The van der Waals surface area contributed by atoms with Crippen LogP contribution in [0.5, 0.6) is 0 Å². The molecule has 0 amide bonds. The third-order valence-electron chi connectivity index (χ3n) is 1.41. The van der Waals surface area contributed by atoms with Gasteiger partial charge in [0.25, 0.3) is 0 Å². The van der Waals surface area contributed by atoms with Crippen molar-refractivity contribution in [3.8, 4) is 0 Å². The van der Waals surface area contributed by atoms with Crippen molar-refractivity contribution in [3.05, 3.63) is 35.4 Å². The average molecular weight is 192 g/mol. The minimum Gasteiger partial charge on any atom is -0.287 e. The van der Waals surface area contributed by atoms with Crippen molar-refractivity contribution >= 4 is 17.3 Å². The number of hydrogen-bond donors (Lipinski definition) is 0. The minimum atomic E-state index is -0.143. The van der Waals surface area contributed by atoms with Gasteiger partial charge in [-0.05, 0) is 11.5 Å². The molecule has 0 radical (unpaired) electrons. The van der Waals surface area contributed by atoms with Crippen molar-refractivity contribution in [3.63, 3.8) is 0 Å². The van der Waals surface area contributed by atoms with Crippen LogP contribution in [0.3, 0.4) is 0 Å². The van der Waals surface area contributed by atoms with Crippen LogP contribution in [0.2, 0.25) is 0 Å². The second kappa shape index (κ2) is 3.36. The average Bonchev–Trinajstić information content (AvgIpc) is 2.71. The lowest BCUT2D eigenvalue weighted by Gasteiger charge is -1.92. The van der Waals surface area contributed by atoms with Gasteiger partial charge in [0.2, 0.25) is 5.78 Å². The molecular weight excluding hydrogens is 188 g/mol. The molecule has 0 spiro atoms. The molecule has 0 bridgehead atoms. The van der Waals surface area contributed by atoms with Crippen molar-refractivity contribution in [1.82, 2.24) is 19.6 Å². The summed E-state index contributed by atoms with van der Waals surface area (Å²) in [5.74, 6) is -0.143. The van der Waals surface area contributed by atoms with Crippen LogP contribution in [0.25, 0.3) is 0 Å². The summed E-state index contributed by atoms with van der Waals surface area (Å²) in [6, 6.07) is 0. The molecule has 2 aromatic rings. The number of aromatic nitrogens is 4. The highest BCUT2D eigenvalue weighted by Crippen LogP contribution is 2.08. The SMILES string of the molecule is O=C(c1cncnc1)c1cnns1. The van der Waals surface area contributed by atoms with Crippen LogP contribution < -0.4 is 0 Å². The Balaban J connectivity index is 2.34. The highest BCUT2D eigenvalue weighted by Gasteiger charge is 2.11. The van der Waals surface area contributed by atoms with Gasteiger partial charge in [0.05, 0.1) is 11.8 Å². The summed E-state index contributed by atoms with van der Waals surface area (Å²) in [4.78, 5) is 19.5. The summed E-state index contributed by atoms with van der Waals surface area (Å²) in [5.41, 5.74) is 0.452. The van der Waals surface area contributed by atoms with E-state index >= 15 is 0 Å². The summed E-state index contributed by atoms with van der Waals surface area (Å²) in [5, 5.41) is 3.58. The molecule has 0 unspecified atom stereocenters. The molecule has 0 saturated heterocycles. The summed E-state index contributed by atoms with van der Waals surface area (Å²) < 4.78 is 3.60. The van der Waals surface area contributed by atoms with Crippen molar-refractivity contribution in [1.29, 1.82) is 0 Å². The first-order chi connectivity index (χ1) is 6.38. The minimum absolute atomic E-state index is 0.143. The fourth-order valence-electron chi connectivity index (χ4n) is 0.826. The van der Waals surface area contributed by atoms with Crippen molar-refractivity contribution in [2.45, 2.75) is 0 Å². The molecule has 13 heavy (non-hydrogen) atoms.